The van der Waals surface area contributed by atoms with Crippen molar-refractivity contribution in [3.05, 3.63) is 69.8 Å². The molecule has 23 heteroatoms. The Morgan fingerprint density at radius 1 is 0.580 bits per heavy atom. The molecular formula is C58H88N10O13. The van der Waals surface area contributed by atoms with Crippen LogP contribution in [0, 0.1) is 32.3 Å². The maximum atomic E-state index is 12.3. The van der Waals surface area contributed by atoms with Crippen molar-refractivity contribution in [3.63, 3.8) is 0 Å². The van der Waals surface area contributed by atoms with Crippen molar-refractivity contribution in [3.8, 4) is 40.8 Å². The van der Waals surface area contributed by atoms with E-state index in [1.54, 1.807) is 46.1 Å². The number of aliphatic imine (C=N–C) groups is 2. The average molecular weight is 1130 g/mol. The molecule has 0 saturated carbocycles. The summed E-state index contributed by atoms with van der Waals surface area (Å²) in [5.41, 5.74) is 13.1. The molecule has 3 rings (SSSR count). The summed E-state index contributed by atoms with van der Waals surface area (Å²) in [5.74, 6) is 4.76. The fourth-order valence-corrected chi connectivity index (χ4v) is 7.41. The lowest BCUT2D eigenvalue weighted by molar-refractivity contribution is -0.118. The summed E-state index contributed by atoms with van der Waals surface area (Å²) >= 11 is 0. The average Bonchev–Trinajstić information content (AvgIpc) is 3.53. The molecule has 0 fully saturated rings. The summed E-state index contributed by atoms with van der Waals surface area (Å²) in [7, 11) is 0. The van der Waals surface area contributed by atoms with Crippen LogP contribution in [0.4, 0.5) is 9.59 Å². The van der Waals surface area contributed by atoms with Gasteiger partial charge in [-0.05, 0) is 115 Å². The van der Waals surface area contributed by atoms with Gasteiger partial charge in [-0.25, -0.2) is 30.6 Å². The predicted octanol–water partition coefficient (Wildman–Crippen LogP) is 8.76. The number of aromatic hydroxyl groups is 6. The van der Waals surface area contributed by atoms with E-state index < -0.39 is 6.03 Å². The van der Waals surface area contributed by atoms with Gasteiger partial charge in [0, 0.05) is 65.9 Å². The number of benzene rings is 3. The molecule has 0 aliphatic heterocycles. The zero-order valence-corrected chi connectivity index (χ0v) is 48.1. The number of phenolic OH excluding ortho intramolecular Hbond substituents is 6. The lowest BCUT2D eigenvalue weighted by Gasteiger charge is -2.11. The van der Waals surface area contributed by atoms with Gasteiger partial charge in [-0.1, -0.05) is 65.7 Å². The van der Waals surface area contributed by atoms with Gasteiger partial charge in [0.15, 0.2) is 11.6 Å². The minimum Gasteiger partial charge on any atom is -0.508 e. The normalized spacial score (nSPS) is 10.7. The largest absolute Gasteiger partial charge is 0.508 e. The highest BCUT2D eigenvalue weighted by Crippen LogP contribution is 2.32. The van der Waals surface area contributed by atoms with E-state index in [2.05, 4.69) is 35.9 Å². The second kappa shape index (κ2) is 44.8. The first-order chi connectivity index (χ1) is 38.8. The van der Waals surface area contributed by atoms with E-state index >= 15 is 0 Å². The van der Waals surface area contributed by atoms with Gasteiger partial charge in [0.25, 0.3) is 6.26 Å². The van der Waals surface area contributed by atoms with Crippen molar-refractivity contribution >= 4 is 46.9 Å². The predicted molar refractivity (Wildman–Crippen MR) is 311 cm³/mol. The summed E-state index contributed by atoms with van der Waals surface area (Å²) in [6.07, 6.45) is 18.6. The Morgan fingerprint density at radius 3 is 1.51 bits per heavy atom. The Morgan fingerprint density at radius 2 is 1.02 bits per heavy atom. The molecule has 0 saturated heterocycles. The number of unbranched alkanes of at least 4 members (excludes halogenated alkanes) is 11. The van der Waals surface area contributed by atoms with E-state index in [9.17, 15) is 59.4 Å². The molecule has 448 valence electrons. The van der Waals surface area contributed by atoms with Crippen LogP contribution in [-0.2, 0) is 19.1 Å². The molecule has 0 atom stereocenters. The van der Waals surface area contributed by atoms with Gasteiger partial charge in [0.1, 0.15) is 46.9 Å². The smallest absolute Gasteiger partial charge is 0.335 e. The zero-order valence-electron chi connectivity index (χ0n) is 48.1. The van der Waals surface area contributed by atoms with Crippen LogP contribution in [0.15, 0.2) is 51.5 Å². The quantitative estimate of drug-likeness (QED) is 0.00396. The Balaban J connectivity index is 0.00000127. The lowest BCUT2D eigenvalue weighted by atomic mass is 10.0. The van der Waals surface area contributed by atoms with E-state index in [1.165, 1.54) is 30.3 Å². The fraction of sp³-hybridized carbons (Fsp3) is 0.534. The Kier molecular flexibility index (Phi) is 40.3. The molecule has 0 radical (unpaired) electrons. The van der Waals surface area contributed by atoms with Gasteiger partial charge in [-0.15, -0.1) is 0 Å². The zero-order chi connectivity index (χ0) is 61.0. The minimum atomic E-state index is -0.436. The third-order valence-electron chi connectivity index (χ3n) is 12.4. The number of nitrogens with one attached hydrogen (secondary N) is 4. The number of hydrazine groups is 1. The minimum absolute atomic E-state index is 0.00477. The van der Waals surface area contributed by atoms with Gasteiger partial charge >= 0.3 is 12.1 Å². The van der Waals surface area contributed by atoms with E-state index in [0.29, 0.717) is 97.6 Å². The van der Waals surface area contributed by atoms with E-state index in [4.69, 9.17) is 16.8 Å². The highest BCUT2D eigenvalue weighted by Gasteiger charge is 2.16. The SMILES string of the molecule is CCC(=NCC(=O)CCCCCCCNC(=O)N/N=C(\CC)c1ccc(O)c(C)c1O)c1ccc(O)c(C)c1O.CCC(=O)c1ccc(O)c(C)c1O.N#COCCCCCCN=C=O.NCC(=O)CCCCCCCNC(=O)NN. The van der Waals surface area contributed by atoms with Gasteiger partial charge < -0.3 is 51.7 Å². The first-order valence-electron chi connectivity index (χ1n) is 27.5. The van der Waals surface area contributed by atoms with Gasteiger partial charge in [0.2, 0.25) is 6.08 Å². The number of Topliss-reactive ketones (excluding diaryl/α,β-unsaturated/α-hetero) is 3. The third kappa shape index (κ3) is 31.4. The first kappa shape index (κ1) is 72.9. The fourth-order valence-electron chi connectivity index (χ4n) is 7.41. The maximum Gasteiger partial charge on any atom is 0.335 e. The van der Waals surface area contributed by atoms with Crippen molar-refractivity contribution in [2.75, 3.05) is 39.3 Å². The molecular weight excluding hydrogens is 1040 g/mol. The number of carbonyl (C=O) groups excluding carboxylic acids is 6. The molecule has 0 aliphatic carbocycles. The number of hydrogen-bond acceptors (Lipinski definition) is 19. The molecule has 0 spiro atoms. The lowest BCUT2D eigenvalue weighted by Crippen LogP contribution is -2.40. The Bertz CT molecular complexity index is 2440. The Labute approximate surface area is 476 Å². The number of urea groups is 2. The first-order valence-corrected chi connectivity index (χ1v) is 27.5. The molecule has 14 N–H and O–H groups in total. The van der Waals surface area contributed by atoms with Crippen molar-refractivity contribution in [1.82, 2.24) is 21.5 Å². The second-order valence-electron chi connectivity index (χ2n) is 18.5. The van der Waals surface area contributed by atoms with Crippen molar-refractivity contribution in [1.29, 1.82) is 5.26 Å². The standard InChI is InChI=1S/C30H42N4O6.C10H22N4O2.C10H12O3.C8H12N2O2/c1-5-24(22-13-15-26(36)19(3)28(22)38)32-18-21(35)12-10-8-7-9-11-17-31-30(40)34-33-25(6-2)23-14-16-27(37)20(4)29(23)39;11-8-9(15)6-4-2-1-3-5-7-13-10(16)14-12;1-3-8(11)7-4-5-9(12)6(2)10(7)13;9-7-12-6-4-2-1-3-5-10-8-11/h13-16,36-39H,5-12,17-18H2,1-4H3,(H2,31,34,40);1-8,11-12H2,(H2,13,14,16);4-5,12-13H,3H2,1-2H3;1-6H2/b32-24?,33-25+;;;. The molecule has 0 aromatic heterocycles. The number of ether oxygens (including phenoxy) is 1. The molecule has 23 nitrogen and oxygen atoms in total. The molecule has 0 bridgehead atoms. The van der Waals surface area contributed by atoms with Crippen molar-refractivity contribution in [2.45, 2.75) is 164 Å². The molecule has 3 aromatic rings. The molecule has 0 aliphatic rings. The van der Waals surface area contributed by atoms with Crippen molar-refractivity contribution < 1.29 is 64.1 Å². The summed E-state index contributed by atoms with van der Waals surface area (Å²) in [5, 5.41) is 76.2. The molecule has 4 amide bonds. The van der Waals surface area contributed by atoms with Crippen LogP contribution >= 0.6 is 0 Å². The van der Waals surface area contributed by atoms with Crippen LogP contribution in [0.2, 0.25) is 0 Å². The van der Waals surface area contributed by atoms with Crippen molar-refractivity contribution in [2.24, 2.45) is 26.7 Å². The third-order valence-corrected chi connectivity index (χ3v) is 12.4. The number of rotatable bonds is 33. The second-order valence-corrected chi connectivity index (χ2v) is 18.5. The maximum absolute atomic E-state index is 12.3. The van der Waals surface area contributed by atoms with Gasteiger partial charge in [-0.2, -0.15) is 10.4 Å². The summed E-state index contributed by atoms with van der Waals surface area (Å²) in [4.78, 5) is 74.6. The number of phenols is 6. The van der Waals surface area contributed by atoms with E-state index in [-0.39, 0.29) is 76.5 Å². The number of amides is 4. The summed E-state index contributed by atoms with van der Waals surface area (Å²) in [6.45, 7) is 12.7. The van der Waals surface area contributed by atoms with Gasteiger partial charge in [-0.3, -0.25) is 24.8 Å². The number of isocyanates is 1. The Hall–Kier alpha value is -8.06. The molecule has 0 heterocycles. The van der Waals surface area contributed by atoms with Crippen LogP contribution in [0.3, 0.4) is 0 Å². The number of carbonyl (C=O) groups is 5. The van der Waals surface area contributed by atoms with Crippen LogP contribution in [0.25, 0.3) is 0 Å². The topological polar surface area (TPSA) is 394 Å². The highest BCUT2D eigenvalue weighted by molar-refractivity contribution is 6.04. The number of ketones is 3. The molecule has 81 heavy (non-hydrogen) atoms. The number of nitrogens with zero attached hydrogens (tertiary/aromatic N) is 4. The summed E-state index contributed by atoms with van der Waals surface area (Å²) < 4.78 is 4.48. The van der Waals surface area contributed by atoms with Crippen LogP contribution in [0.1, 0.15) is 181 Å². The number of nitriles is 1. The number of hydrogen-bond donors (Lipinski definition) is 12. The molecule has 3 aromatic carbocycles. The van der Waals surface area contributed by atoms with E-state index in [1.807, 2.05) is 19.3 Å². The van der Waals surface area contributed by atoms with Gasteiger partial charge in [0.05, 0.1) is 30.9 Å². The van der Waals surface area contributed by atoms with Crippen LogP contribution in [0.5, 0.6) is 34.5 Å². The highest BCUT2D eigenvalue weighted by atomic mass is 16.5. The van der Waals surface area contributed by atoms with Crippen LogP contribution < -0.4 is 33.1 Å². The van der Waals surface area contributed by atoms with E-state index in [0.717, 1.165) is 89.9 Å². The summed E-state index contributed by atoms with van der Waals surface area (Å²) in [6, 6.07) is 8.23. The number of nitrogens with two attached hydrogens (primary N) is 2. The van der Waals surface area contributed by atoms with Crippen LogP contribution in [-0.4, -0.2) is 117 Å². The molecule has 0 unspecified atom stereocenters. The monoisotopic (exact) mass is 1130 g/mol. The number of hydrazone groups is 1.